The molecule has 4 aliphatic rings. The summed E-state index contributed by atoms with van der Waals surface area (Å²) in [6.07, 6.45) is 4.88. The molecule has 1 aromatic rings. The van der Waals surface area contributed by atoms with E-state index in [-0.39, 0.29) is 41.1 Å². The van der Waals surface area contributed by atoms with Crippen molar-refractivity contribution in [2.75, 3.05) is 45.9 Å². The molecule has 1 aromatic carbocycles. The van der Waals surface area contributed by atoms with E-state index in [4.69, 9.17) is 16.3 Å². The first-order chi connectivity index (χ1) is 20.8. The Balaban J connectivity index is 1.38. The van der Waals surface area contributed by atoms with Crippen LogP contribution in [0.25, 0.3) is 0 Å². The van der Waals surface area contributed by atoms with Crippen LogP contribution in [0.2, 0.25) is 5.02 Å². The maximum atomic E-state index is 14.6. The lowest BCUT2D eigenvalue weighted by molar-refractivity contribution is -0.148. The first-order valence-electron chi connectivity index (χ1n) is 16.7. The fourth-order valence-corrected chi connectivity index (χ4v) is 7.94. The van der Waals surface area contributed by atoms with Crippen molar-refractivity contribution in [3.05, 3.63) is 34.9 Å². The monoisotopic (exact) mass is 628 g/mol. The van der Waals surface area contributed by atoms with Gasteiger partial charge in [0.2, 0.25) is 17.7 Å². The Morgan fingerprint density at radius 2 is 1.52 bits per heavy atom. The zero-order valence-electron chi connectivity index (χ0n) is 27.6. The number of carbonyl (C=O) groups is 3. The molecule has 3 amide bonds. The summed E-state index contributed by atoms with van der Waals surface area (Å²) < 4.78 is 5.51. The molecule has 0 bridgehead atoms. The number of likely N-dealkylation sites (tertiary alicyclic amines) is 2. The van der Waals surface area contributed by atoms with Crippen molar-refractivity contribution in [3.63, 3.8) is 0 Å². The third kappa shape index (κ3) is 7.13. The number of morpholine rings is 1. The van der Waals surface area contributed by atoms with Gasteiger partial charge < -0.3 is 19.9 Å². The Hall–Kier alpha value is -2.16. The zero-order valence-corrected chi connectivity index (χ0v) is 28.4. The van der Waals surface area contributed by atoms with Crippen molar-refractivity contribution in [3.8, 4) is 0 Å². The summed E-state index contributed by atoms with van der Waals surface area (Å²) in [5.74, 6) is 0.740. The van der Waals surface area contributed by atoms with Crippen LogP contribution in [0.5, 0.6) is 0 Å². The second-order valence-electron chi connectivity index (χ2n) is 15.4. The molecular weight excluding hydrogens is 576 g/mol. The number of benzene rings is 1. The van der Waals surface area contributed by atoms with Crippen LogP contribution < -0.4 is 5.32 Å². The number of hydrogen-bond acceptors (Lipinski definition) is 5. The van der Waals surface area contributed by atoms with Crippen LogP contribution in [-0.4, -0.2) is 96.0 Å². The maximum absolute atomic E-state index is 14.6. The van der Waals surface area contributed by atoms with Gasteiger partial charge in [-0.25, -0.2) is 0 Å². The van der Waals surface area contributed by atoms with Gasteiger partial charge in [-0.2, -0.15) is 0 Å². The second kappa shape index (κ2) is 13.3. The molecule has 0 unspecified atom stereocenters. The number of nitrogens with one attached hydrogen (secondary N) is 1. The topological polar surface area (TPSA) is 82.2 Å². The highest BCUT2D eigenvalue weighted by molar-refractivity contribution is 6.30. The summed E-state index contributed by atoms with van der Waals surface area (Å²) in [6, 6.07) is 6.96. The highest BCUT2D eigenvalue weighted by Gasteiger charge is 2.49. The second-order valence-corrected chi connectivity index (χ2v) is 15.8. The first kappa shape index (κ1) is 33.2. The summed E-state index contributed by atoms with van der Waals surface area (Å²) in [6.45, 7) is 16.7. The van der Waals surface area contributed by atoms with Gasteiger partial charge in [0.05, 0.1) is 19.1 Å². The van der Waals surface area contributed by atoms with E-state index in [0.29, 0.717) is 62.7 Å². The molecule has 1 saturated carbocycles. The Bertz CT molecular complexity index is 1180. The van der Waals surface area contributed by atoms with Gasteiger partial charge in [0.15, 0.2) is 0 Å². The Morgan fingerprint density at radius 3 is 2.14 bits per heavy atom. The molecule has 0 spiro atoms. The minimum atomic E-state index is -0.598. The van der Waals surface area contributed by atoms with Gasteiger partial charge in [-0.15, -0.1) is 0 Å². The standard InChI is InChI=1S/C35H53ClN4O4/c1-23-7-11-25(12-8-23)35(5,6)33(43)37-27-19-30(32(42)38-15-17-44-18-16-38)40(20-27)31(41)29-22-39(34(2,3)4)21-28(29)24-9-13-26(36)14-10-24/h9-10,13-14,23,25,27-30H,7-8,11-12,15-22H2,1-6H3,(H,37,43)/t23?,25?,27-,28-,29+,30-/m0/s1. The number of amides is 3. The van der Waals surface area contributed by atoms with Crippen LogP contribution in [0.3, 0.4) is 0 Å². The molecule has 0 radical (unpaired) electrons. The lowest BCUT2D eigenvalue weighted by atomic mass is 9.68. The van der Waals surface area contributed by atoms with Crippen molar-refractivity contribution < 1.29 is 19.1 Å². The van der Waals surface area contributed by atoms with E-state index in [1.165, 1.54) is 0 Å². The Kier molecular flexibility index (Phi) is 10.0. The number of carbonyl (C=O) groups excluding carboxylic acids is 3. The van der Waals surface area contributed by atoms with Crippen LogP contribution in [0.15, 0.2) is 24.3 Å². The first-order valence-corrected chi connectivity index (χ1v) is 17.1. The molecule has 1 N–H and O–H groups in total. The minimum Gasteiger partial charge on any atom is -0.378 e. The zero-order chi connectivity index (χ0) is 31.8. The number of rotatable bonds is 6. The average Bonchev–Trinajstić information content (AvgIpc) is 3.63. The quantitative estimate of drug-likeness (QED) is 0.482. The molecule has 44 heavy (non-hydrogen) atoms. The molecule has 4 fully saturated rings. The van der Waals surface area contributed by atoms with E-state index < -0.39 is 11.5 Å². The summed E-state index contributed by atoms with van der Waals surface area (Å²) in [4.78, 5) is 48.4. The van der Waals surface area contributed by atoms with Crippen molar-refractivity contribution in [2.24, 2.45) is 23.2 Å². The minimum absolute atomic E-state index is 0.000543. The Labute approximate surface area is 269 Å². The molecule has 8 nitrogen and oxygen atoms in total. The maximum Gasteiger partial charge on any atom is 0.245 e. The molecule has 244 valence electrons. The van der Waals surface area contributed by atoms with Crippen molar-refractivity contribution in [1.29, 1.82) is 0 Å². The highest BCUT2D eigenvalue weighted by atomic mass is 35.5. The summed E-state index contributed by atoms with van der Waals surface area (Å²) in [5.41, 5.74) is 0.481. The fourth-order valence-electron chi connectivity index (χ4n) is 7.81. The number of halogens is 1. The van der Waals surface area contributed by atoms with E-state index in [1.807, 2.05) is 29.2 Å². The molecule has 4 atom stereocenters. The highest BCUT2D eigenvalue weighted by Crippen LogP contribution is 2.42. The number of ether oxygens (including phenoxy) is 1. The van der Waals surface area contributed by atoms with Crippen molar-refractivity contribution in [1.82, 2.24) is 20.0 Å². The van der Waals surface area contributed by atoms with Gasteiger partial charge in [0.25, 0.3) is 0 Å². The van der Waals surface area contributed by atoms with Gasteiger partial charge in [0.1, 0.15) is 6.04 Å². The molecule has 9 heteroatoms. The van der Waals surface area contributed by atoms with Gasteiger partial charge in [-0.3, -0.25) is 19.3 Å². The molecule has 3 aliphatic heterocycles. The SMILES string of the molecule is CC1CCC(C(C)(C)C(=O)N[C@H]2C[C@@H](C(=O)N3CCOCC3)N(C(=O)[C@@H]3CN(C(C)(C)C)C[C@H]3c3ccc(Cl)cc3)C2)CC1. The van der Waals surface area contributed by atoms with E-state index in [0.717, 1.165) is 37.8 Å². The molecule has 0 aromatic heterocycles. The average molecular weight is 629 g/mol. The third-order valence-corrected chi connectivity index (χ3v) is 11.3. The van der Waals surface area contributed by atoms with Crippen molar-refractivity contribution in [2.45, 2.75) is 97.2 Å². The van der Waals surface area contributed by atoms with Gasteiger partial charge in [-0.05, 0) is 69.6 Å². The lowest BCUT2D eigenvalue weighted by Gasteiger charge is -2.38. The lowest BCUT2D eigenvalue weighted by Crippen LogP contribution is -2.52. The summed E-state index contributed by atoms with van der Waals surface area (Å²) >= 11 is 6.22. The largest absolute Gasteiger partial charge is 0.378 e. The normalized spacial score (nSPS) is 30.4. The van der Waals surface area contributed by atoms with Crippen LogP contribution in [0.4, 0.5) is 0 Å². The molecule has 3 heterocycles. The van der Waals surface area contributed by atoms with Gasteiger partial charge in [-0.1, -0.05) is 57.3 Å². The Morgan fingerprint density at radius 1 is 0.886 bits per heavy atom. The van der Waals surface area contributed by atoms with E-state index >= 15 is 0 Å². The van der Waals surface area contributed by atoms with E-state index in [1.54, 1.807) is 4.90 Å². The van der Waals surface area contributed by atoms with Crippen LogP contribution in [-0.2, 0) is 19.1 Å². The summed E-state index contributed by atoms with van der Waals surface area (Å²) in [5, 5.41) is 3.99. The van der Waals surface area contributed by atoms with Crippen LogP contribution in [0, 0.1) is 23.2 Å². The smallest absolute Gasteiger partial charge is 0.245 e. The van der Waals surface area contributed by atoms with E-state index in [9.17, 15) is 14.4 Å². The van der Waals surface area contributed by atoms with Gasteiger partial charge in [0, 0.05) is 60.7 Å². The predicted molar refractivity (Wildman–Crippen MR) is 173 cm³/mol. The fraction of sp³-hybridized carbons (Fsp3) is 0.743. The molecular formula is C35H53ClN4O4. The molecule has 1 aliphatic carbocycles. The van der Waals surface area contributed by atoms with Crippen molar-refractivity contribution >= 4 is 29.3 Å². The third-order valence-electron chi connectivity index (χ3n) is 11.0. The predicted octanol–water partition coefficient (Wildman–Crippen LogP) is 4.95. The molecule has 3 saturated heterocycles. The van der Waals surface area contributed by atoms with Gasteiger partial charge >= 0.3 is 0 Å². The number of nitrogens with zero attached hydrogens (tertiary/aromatic N) is 3. The summed E-state index contributed by atoms with van der Waals surface area (Å²) in [7, 11) is 0. The number of hydrogen-bond donors (Lipinski definition) is 1. The van der Waals surface area contributed by atoms with Crippen LogP contribution in [0.1, 0.15) is 85.1 Å². The molecule has 5 rings (SSSR count). The van der Waals surface area contributed by atoms with E-state index in [2.05, 4.69) is 51.8 Å². The van der Waals surface area contributed by atoms with Crippen LogP contribution >= 0.6 is 11.6 Å².